The summed E-state index contributed by atoms with van der Waals surface area (Å²) in [6.07, 6.45) is 3.73. The second-order valence-corrected chi connectivity index (χ2v) is 8.19. The highest BCUT2D eigenvalue weighted by Gasteiger charge is 2.41. The third-order valence-corrected chi connectivity index (χ3v) is 6.18. The zero-order valence-electron chi connectivity index (χ0n) is 17.5. The largest absolute Gasteiger partial charge is 0.339 e. The summed E-state index contributed by atoms with van der Waals surface area (Å²) < 4.78 is 5.53. The van der Waals surface area contributed by atoms with Crippen LogP contribution >= 0.6 is 24.8 Å². The molecule has 4 rings (SSSR count). The van der Waals surface area contributed by atoms with Crippen molar-refractivity contribution in [3.05, 3.63) is 35.7 Å². The molecule has 2 heterocycles. The summed E-state index contributed by atoms with van der Waals surface area (Å²) in [7, 11) is 0. The number of halogens is 2. The zero-order chi connectivity index (χ0) is 19.7. The van der Waals surface area contributed by atoms with Crippen molar-refractivity contribution in [1.29, 1.82) is 0 Å². The molecule has 1 saturated carbocycles. The Morgan fingerprint density at radius 1 is 1.10 bits per heavy atom. The number of carbonyl (C=O) groups excluding carboxylic acids is 1. The van der Waals surface area contributed by atoms with Crippen molar-refractivity contribution in [3.63, 3.8) is 0 Å². The Bertz CT molecular complexity index is 828. The number of piperazine rings is 1. The Labute approximate surface area is 190 Å². The second kappa shape index (κ2) is 10.1. The number of nitrogens with two attached hydrogens (primary N) is 1. The minimum atomic E-state index is -0.636. The Morgan fingerprint density at radius 3 is 2.30 bits per heavy atom. The molecule has 2 N–H and O–H groups in total. The van der Waals surface area contributed by atoms with Gasteiger partial charge in [0.2, 0.25) is 17.6 Å². The quantitative estimate of drug-likeness (QED) is 0.759. The van der Waals surface area contributed by atoms with E-state index in [0.717, 1.165) is 44.3 Å². The number of carbonyl (C=O) groups is 1. The lowest BCUT2D eigenvalue weighted by atomic mass is 9.96. The first-order valence-corrected chi connectivity index (χ1v) is 10.2. The molecule has 1 aromatic heterocycles. The first-order valence-electron chi connectivity index (χ1n) is 10.2. The van der Waals surface area contributed by atoms with E-state index < -0.39 is 5.54 Å². The number of benzene rings is 1. The van der Waals surface area contributed by atoms with Crippen LogP contribution in [0.3, 0.4) is 0 Å². The van der Waals surface area contributed by atoms with Crippen molar-refractivity contribution < 1.29 is 9.32 Å². The lowest BCUT2D eigenvalue weighted by Crippen LogP contribution is -2.58. The van der Waals surface area contributed by atoms with Crippen LogP contribution in [0.2, 0.25) is 0 Å². The number of rotatable bonds is 4. The maximum Gasteiger partial charge on any atom is 0.244 e. The fraction of sp³-hybridized carbons (Fsp3) is 0.571. The van der Waals surface area contributed by atoms with E-state index in [1.807, 2.05) is 29.2 Å². The van der Waals surface area contributed by atoms with E-state index in [2.05, 4.69) is 28.9 Å². The summed E-state index contributed by atoms with van der Waals surface area (Å²) in [5, 5.41) is 4.14. The zero-order valence-corrected chi connectivity index (χ0v) is 19.2. The lowest BCUT2D eigenvalue weighted by molar-refractivity contribution is -0.139. The molecular formula is C21H31Cl2N5O2. The highest BCUT2D eigenvalue weighted by molar-refractivity contribution is 5.86. The van der Waals surface area contributed by atoms with Crippen molar-refractivity contribution >= 4 is 30.7 Å². The van der Waals surface area contributed by atoms with Gasteiger partial charge in [-0.25, -0.2) is 0 Å². The highest BCUT2D eigenvalue weighted by atomic mass is 35.5. The third-order valence-electron chi connectivity index (χ3n) is 6.18. The molecule has 1 amide bonds. The Hall–Kier alpha value is -1.67. The number of nitrogens with zero attached hydrogens (tertiary/aromatic N) is 4. The van der Waals surface area contributed by atoms with E-state index in [1.165, 1.54) is 5.56 Å². The molecule has 1 saturated heterocycles. The summed E-state index contributed by atoms with van der Waals surface area (Å²) in [6, 6.07) is 8.11. The summed E-state index contributed by atoms with van der Waals surface area (Å²) in [4.78, 5) is 21.6. The van der Waals surface area contributed by atoms with E-state index in [0.29, 0.717) is 24.8 Å². The van der Waals surface area contributed by atoms with Crippen LogP contribution in [-0.2, 0) is 4.79 Å². The molecule has 0 bridgehead atoms. The molecule has 30 heavy (non-hydrogen) atoms. The molecule has 1 atom stereocenters. The van der Waals surface area contributed by atoms with Crippen molar-refractivity contribution in [2.75, 3.05) is 26.2 Å². The van der Waals surface area contributed by atoms with Gasteiger partial charge in [-0.05, 0) is 26.7 Å². The molecular weight excluding hydrogens is 425 g/mol. The van der Waals surface area contributed by atoms with Gasteiger partial charge in [-0.1, -0.05) is 47.8 Å². The number of amides is 1. The van der Waals surface area contributed by atoms with Gasteiger partial charge >= 0.3 is 0 Å². The normalized spacial score (nSPS) is 19.6. The van der Waals surface area contributed by atoms with E-state index >= 15 is 0 Å². The molecule has 1 aliphatic carbocycles. The van der Waals surface area contributed by atoms with Crippen molar-refractivity contribution in [2.45, 2.75) is 51.1 Å². The molecule has 0 spiro atoms. The van der Waals surface area contributed by atoms with Crippen molar-refractivity contribution in [2.24, 2.45) is 5.73 Å². The van der Waals surface area contributed by atoms with Crippen LogP contribution in [0.5, 0.6) is 0 Å². The summed E-state index contributed by atoms with van der Waals surface area (Å²) >= 11 is 0. The third kappa shape index (κ3) is 4.97. The average Bonchev–Trinajstić information content (AvgIpc) is 3.38. The van der Waals surface area contributed by atoms with Crippen LogP contribution < -0.4 is 5.73 Å². The molecule has 166 valence electrons. The number of aryl methyl sites for hydroxylation is 1. The minimum Gasteiger partial charge on any atom is -0.339 e. The standard InChI is InChI=1S/C21H29N5O2.2ClH/c1-15-5-7-17(8-6-15)18-23-19(28-24-18)16(2)25-11-13-26(14-12-25)20(27)21(22)9-3-4-10-21;;/h5-8,16H,3-4,9-14,22H2,1-2H3;2*1H. The van der Waals surface area contributed by atoms with Crippen LogP contribution in [0, 0.1) is 6.92 Å². The number of hydrogen-bond acceptors (Lipinski definition) is 6. The van der Waals surface area contributed by atoms with Crippen LogP contribution in [-0.4, -0.2) is 57.6 Å². The number of aromatic nitrogens is 2. The van der Waals surface area contributed by atoms with E-state index in [4.69, 9.17) is 10.3 Å². The Kier molecular flexibility index (Phi) is 8.27. The molecule has 9 heteroatoms. The fourth-order valence-corrected chi connectivity index (χ4v) is 4.23. The Morgan fingerprint density at radius 2 is 1.70 bits per heavy atom. The van der Waals surface area contributed by atoms with Gasteiger partial charge in [-0.3, -0.25) is 9.69 Å². The first-order chi connectivity index (χ1) is 13.5. The topological polar surface area (TPSA) is 88.5 Å². The Balaban J connectivity index is 0.00000160. The summed E-state index contributed by atoms with van der Waals surface area (Å²) in [5.74, 6) is 1.35. The van der Waals surface area contributed by atoms with Gasteiger partial charge < -0.3 is 15.2 Å². The lowest BCUT2D eigenvalue weighted by Gasteiger charge is -2.39. The molecule has 2 fully saturated rings. The van der Waals surface area contributed by atoms with Crippen LogP contribution in [0.25, 0.3) is 11.4 Å². The van der Waals surface area contributed by atoms with Crippen LogP contribution in [0.4, 0.5) is 0 Å². The minimum absolute atomic E-state index is 0. The maximum atomic E-state index is 12.8. The molecule has 0 radical (unpaired) electrons. The van der Waals surface area contributed by atoms with Gasteiger partial charge in [0.15, 0.2) is 0 Å². The summed E-state index contributed by atoms with van der Waals surface area (Å²) in [5.41, 5.74) is 7.86. The molecule has 2 aromatic rings. The van der Waals surface area contributed by atoms with Crippen molar-refractivity contribution in [3.8, 4) is 11.4 Å². The average molecular weight is 456 g/mol. The molecule has 1 aliphatic heterocycles. The predicted molar refractivity (Wildman–Crippen MR) is 121 cm³/mol. The smallest absolute Gasteiger partial charge is 0.244 e. The monoisotopic (exact) mass is 455 g/mol. The predicted octanol–water partition coefficient (Wildman–Crippen LogP) is 3.37. The van der Waals surface area contributed by atoms with E-state index in [9.17, 15) is 4.79 Å². The maximum absolute atomic E-state index is 12.8. The molecule has 2 aliphatic rings. The molecule has 1 aromatic carbocycles. The summed E-state index contributed by atoms with van der Waals surface area (Å²) in [6.45, 7) is 7.08. The second-order valence-electron chi connectivity index (χ2n) is 8.19. The van der Waals surface area contributed by atoms with Gasteiger partial charge in [-0.2, -0.15) is 4.98 Å². The molecule has 1 unspecified atom stereocenters. The van der Waals surface area contributed by atoms with E-state index in [-0.39, 0.29) is 36.8 Å². The van der Waals surface area contributed by atoms with Gasteiger partial charge in [0.25, 0.3) is 0 Å². The SMILES string of the molecule is Cc1ccc(-c2noc(C(C)N3CCN(C(=O)C4(N)CCCC4)CC3)n2)cc1.Cl.Cl. The van der Waals surface area contributed by atoms with Gasteiger partial charge in [0.05, 0.1) is 11.6 Å². The van der Waals surface area contributed by atoms with Gasteiger partial charge in [-0.15, -0.1) is 24.8 Å². The fourth-order valence-electron chi connectivity index (χ4n) is 4.23. The first kappa shape index (κ1) is 24.6. The number of hydrogen-bond donors (Lipinski definition) is 1. The van der Waals surface area contributed by atoms with E-state index in [1.54, 1.807) is 0 Å². The van der Waals surface area contributed by atoms with Gasteiger partial charge in [0.1, 0.15) is 0 Å². The van der Waals surface area contributed by atoms with Crippen LogP contribution in [0.15, 0.2) is 28.8 Å². The van der Waals surface area contributed by atoms with Crippen molar-refractivity contribution in [1.82, 2.24) is 19.9 Å². The van der Waals surface area contributed by atoms with Gasteiger partial charge in [0, 0.05) is 31.7 Å². The molecule has 7 nitrogen and oxygen atoms in total. The van der Waals surface area contributed by atoms with Crippen LogP contribution in [0.1, 0.15) is 50.1 Å². The highest BCUT2D eigenvalue weighted by Crippen LogP contribution is 2.30.